The lowest BCUT2D eigenvalue weighted by Gasteiger charge is -2.47. The van der Waals surface area contributed by atoms with E-state index < -0.39 is 5.60 Å². The zero-order valence-electron chi connectivity index (χ0n) is 15.1. The SMILES string of the molecule is COc1ccc(C2(O)c3ccccc3CN(C)C2c2ccccc2)cc1. The average molecular weight is 345 g/mol. The Morgan fingerprint density at radius 2 is 1.58 bits per heavy atom. The van der Waals surface area contributed by atoms with Crippen LogP contribution in [-0.4, -0.2) is 24.2 Å². The number of aliphatic hydroxyl groups is 1. The summed E-state index contributed by atoms with van der Waals surface area (Å²) in [5.74, 6) is 0.783. The quantitative estimate of drug-likeness (QED) is 0.775. The minimum atomic E-state index is -1.14. The van der Waals surface area contributed by atoms with Crippen molar-refractivity contribution >= 4 is 0 Å². The Morgan fingerprint density at radius 3 is 2.27 bits per heavy atom. The minimum absolute atomic E-state index is 0.174. The number of likely N-dealkylation sites (N-methyl/N-ethyl adjacent to an activating group) is 1. The van der Waals surface area contributed by atoms with Crippen LogP contribution in [0.2, 0.25) is 0 Å². The maximum atomic E-state index is 12.2. The van der Waals surface area contributed by atoms with Crippen LogP contribution in [0.15, 0.2) is 78.9 Å². The molecule has 3 aromatic carbocycles. The highest BCUT2D eigenvalue weighted by molar-refractivity contribution is 5.48. The van der Waals surface area contributed by atoms with Crippen molar-refractivity contribution in [3.8, 4) is 5.75 Å². The Hall–Kier alpha value is -2.62. The Kier molecular flexibility index (Phi) is 4.27. The van der Waals surface area contributed by atoms with Crippen LogP contribution in [0.25, 0.3) is 0 Å². The van der Waals surface area contributed by atoms with E-state index in [-0.39, 0.29) is 6.04 Å². The molecule has 1 N–H and O–H groups in total. The van der Waals surface area contributed by atoms with Crippen LogP contribution in [0.5, 0.6) is 5.75 Å². The van der Waals surface area contributed by atoms with Gasteiger partial charge in [-0.25, -0.2) is 0 Å². The molecule has 0 aromatic heterocycles. The van der Waals surface area contributed by atoms with Gasteiger partial charge in [-0.15, -0.1) is 0 Å². The summed E-state index contributed by atoms with van der Waals surface area (Å²) < 4.78 is 5.30. The van der Waals surface area contributed by atoms with Crippen LogP contribution in [0, 0.1) is 0 Å². The predicted molar refractivity (Wildman–Crippen MR) is 103 cm³/mol. The molecule has 2 unspecified atom stereocenters. The van der Waals surface area contributed by atoms with Gasteiger partial charge < -0.3 is 9.84 Å². The molecule has 0 aliphatic carbocycles. The van der Waals surface area contributed by atoms with E-state index in [2.05, 4.69) is 30.1 Å². The number of nitrogens with zero attached hydrogens (tertiary/aromatic N) is 1. The normalized spacial score (nSPS) is 22.7. The van der Waals surface area contributed by atoms with Crippen LogP contribution in [0.4, 0.5) is 0 Å². The fourth-order valence-corrected chi connectivity index (χ4v) is 4.15. The largest absolute Gasteiger partial charge is 0.497 e. The van der Waals surface area contributed by atoms with Gasteiger partial charge in [0.1, 0.15) is 11.4 Å². The summed E-state index contributed by atoms with van der Waals surface area (Å²) in [6.45, 7) is 0.800. The third-order valence-corrected chi connectivity index (χ3v) is 5.33. The molecule has 0 radical (unpaired) electrons. The molecular formula is C23H23NO2. The van der Waals surface area contributed by atoms with E-state index in [0.717, 1.165) is 34.5 Å². The first-order chi connectivity index (χ1) is 12.6. The van der Waals surface area contributed by atoms with Crippen LogP contribution in [-0.2, 0) is 12.1 Å². The molecule has 0 spiro atoms. The van der Waals surface area contributed by atoms with Crippen molar-refractivity contribution < 1.29 is 9.84 Å². The smallest absolute Gasteiger partial charge is 0.134 e. The van der Waals surface area contributed by atoms with Crippen molar-refractivity contribution in [3.63, 3.8) is 0 Å². The van der Waals surface area contributed by atoms with Gasteiger partial charge in [-0.2, -0.15) is 0 Å². The maximum Gasteiger partial charge on any atom is 0.134 e. The minimum Gasteiger partial charge on any atom is -0.497 e. The van der Waals surface area contributed by atoms with Gasteiger partial charge in [0.05, 0.1) is 13.2 Å². The number of fused-ring (bicyclic) bond motifs is 1. The van der Waals surface area contributed by atoms with Gasteiger partial charge in [0.2, 0.25) is 0 Å². The van der Waals surface area contributed by atoms with Crippen molar-refractivity contribution in [1.29, 1.82) is 0 Å². The topological polar surface area (TPSA) is 32.7 Å². The molecular weight excluding hydrogens is 322 g/mol. The number of rotatable bonds is 3. The maximum absolute atomic E-state index is 12.2. The highest BCUT2D eigenvalue weighted by Crippen LogP contribution is 2.49. The summed E-state index contributed by atoms with van der Waals surface area (Å²) in [4.78, 5) is 2.22. The summed E-state index contributed by atoms with van der Waals surface area (Å²) in [6, 6.07) is 26.0. The van der Waals surface area contributed by atoms with Crippen LogP contribution in [0.3, 0.4) is 0 Å². The van der Waals surface area contributed by atoms with Crippen LogP contribution < -0.4 is 4.74 Å². The Labute approximate surface area is 154 Å². The lowest BCUT2D eigenvalue weighted by molar-refractivity contribution is -0.0302. The number of hydrogen-bond donors (Lipinski definition) is 1. The van der Waals surface area contributed by atoms with Gasteiger partial charge >= 0.3 is 0 Å². The molecule has 0 saturated carbocycles. The fourth-order valence-electron chi connectivity index (χ4n) is 4.15. The van der Waals surface area contributed by atoms with E-state index in [9.17, 15) is 5.11 Å². The van der Waals surface area contributed by atoms with Gasteiger partial charge in [-0.05, 0) is 41.4 Å². The van der Waals surface area contributed by atoms with E-state index in [1.807, 2.05) is 60.7 Å². The lowest BCUT2D eigenvalue weighted by atomic mass is 9.72. The second-order valence-corrected chi connectivity index (χ2v) is 6.88. The number of methoxy groups -OCH3 is 1. The van der Waals surface area contributed by atoms with E-state index >= 15 is 0 Å². The van der Waals surface area contributed by atoms with Gasteiger partial charge in [-0.3, -0.25) is 4.90 Å². The predicted octanol–water partition coefficient (Wildman–Crippen LogP) is 4.12. The molecule has 3 aromatic rings. The zero-order valence-corrected chi connectivity index (χ0v) is 15.1. The summed E-state index contributed by atoms with van der Waals surface area (Å²) >= 11 is 0. The van der Waals surface area contributed by atoms with E-state index in [1.54, 1.807) is 7.11 Å². The average Bonchev–Trinajstić information content (AvgIpc) is 2.69. The van der Waals surface area contributed by atoms with E-state index in [1.165, 1.54) is 0 Å². The standard InChI is InChI=1S/C23H23NO2/c1-24-16-18-10-6-7-11-21(18)23(25,19-12-14-20(26-2)15-13-19)22(24)17-8-4-3-5-9-17/h3-15,22,25H,16H2,1-2H3. The molecule has 1 aliphatic heterocycles. The van der Waals surface area contributed by atoms with Crippen molar-refractivity contribution in [3.05, 3.63) is 101 Å². The van der Waals surface area contributed by atoms with Gasteiger partial charge in [0.15, 0.2) is 0 Å². The summed E-state index contributed by atoms with van der Waals surface area (Å²) in [6.07, 6.45) is 0. The monoisotopic (exact) mass is 345 g/mol. The van der Waals surface area contributed by atoms with Gasteiger partial charge in [0.25, 0.3) is 0 Å². The molecule has 132 valence electrons. The molecule has 4 rings (SSSR count). The second-order valence-electron chi connectivity index (χ2n) is 6.88. The molecule has 0 bridgehead atoms. The molecule has 1 heterocycles. The third-order valence-electron chi connectivity index (χ3n) is 5.33. The van der Waals surface area contributed by atoms with Crippen LogP contribution in [0.1, 0.15) is 28.3 Å². The molecule has 1 aliphatic rings. The molecule has 0 fully saturated rings. The second kappa shape index (κ2) is 6.60. The number of hydrogen-bond acceptors (Lipinski definition) is 3. The summed E-state index contributed by atoms with van der Waals surface area (Å²) in [5.41, 5.74) is 2.95. The zero-order chi connectivity index (χ0) is 18.1. The summed E-state index contributed by atoms with van der Waals surface area (Å²) in [5, 5.41) is 12.2. The van der Waals surface area contributed by atoms with Crippen molar-refractivity contribution in [2.45, 2.75) is 18.2 Å². The number of benzene rings is 3. The highest BCUT2D eigenvalue weighted by Gasteiger charge is 2.47. The van der Waals surface area contributed by atoms with Crippen molar-refractivity contribution in [2.24, 2.45) is 0 Å². The Balaban J connectivity index is 1.95. The Bertz CT molecular complexity index is 892. The van der Waals surface area contributed by atoms with Crippen molar-refractivity contribution in [1.82, 2.24) is 4.90 Å². The van der Waals surface area contributed by atoms with Gasteiger partial charge in [-0.1, -0.05) is 66.7 Å². The molecule has 2 atom stereocenters. The summed E-state index contributed by atoms with van der Waals surface area (Å²) in [7, 11) is 3.72. The lowest BCUT2D eigenvalue weighted by Crippen LogP contribution is -2.47. The molecule has 3 heteroatoms. The molecule has 0 saturated heterocycles. The van der Waals surface area contributed by atoms with E-state index in [0.29, 0.717) is 0 Å². The van der Waals surface area contributed by atoms with Crippen molar-refractivity contribution in [2.75, 3.05) is 14.2 Å². The van der Waals surface area contributed by atoms with Gasteiger partial charge in [0, 0.05) is 6.54 Å². The van der Waals surface area contributed by atoms with Crippen LogP contribution >= 0.6 is 0 Å². The number of ether oxygens (including phenoxy) is 1. The molecule has 3 nitrogen and oxygen atoms in total. The third kappa shape index (κ3) is 2.61. The first kappa shape index (κ1) is 16.8. The molecule has 26 heavy (non-hydrogen) atoms. The fraction of sp³-hybridized carbons (Fsp3) is 0.217. The highest BCUT2D eigenvalue weighted by atomic mass is 16.5. The first-order valence-corrected chi connectivity index (χ1v) is 8.85. The first-order valence-electron chi connectivity index (χ1n) is 8.85. The van der Waals surface area contributed by atoms with E-state index in [4.69, 9.17) is 4.74 Å². The molecule has 0 amide bonds. The Morgan fingerprint density at radius 1 is 0.923 bits per heavy atom.